The number of benzene rings is 2. The summed E-state index contributed by atoms with van der Waals surface area (Å²) < 4.78 is 13.1. The van der Waals surface area contributed by atoms with Crippen molar-refractivity contribution in [1.29, 1.82) is 0 Å². The van der Waals surface area contributed by atoms with Crippen LogP contribution in [0.1, 0.15) is 28.8 Å². The Kier molecular flexibility index (Phi) is 5.42. The smallest absolute Gasteiger partial charge is 0.254 e. The quantitative estimate of drug-likeness (QED) is 0.680. The molecular weight excluding hydrogens is 353 g/mol. The largest absolute Gasteiger partial charge is 0.339 e. The molecular formula is C23H22FN3O. The van der Waals surface area contributed by atoms with Gasteiger partial charge < -0.3 is 4.90 Å². The van der Waals surface area contributed by atoms with Gasteiger partial charge >= 0.3 is 0 Å². The molecule has 4 nitrogen and oxygen atoms in total. The topological polar surface area (TPSA) is 46.1 Å². The van der Waals surface area contributed by atoms with Gasteiger partial charge in [0.25, 0.3) is 5.91 Å². The van der Waals surface area contributed by atoms with Crippen LogP contribution in [-0.4, -0.2) is 33.9 Å². The van der Waals surface area contributed by atoms with Crippen molar-refractivity contribution >= 4 is 5.91 Å². The maximum Gasteiger partial charge on any atom is 0.254 e. The summed E-state index contributed by atoms with van der Waals surface area (Å²) in [4.78, 5) is 23.3. The first-order valence-electron chi connectivity index (χ1n) is 9.60. The number of likely N-dealkylation sites (tertiary alicyclic amines) is 1. The van der Waals surface area contributed by atoms with Crippen molar-refractivity contribution in [2.24, 2.45) is 5.92 Å². The van der Waals surface area contributed by atoms with E-state index in [4.69, 9.17) is 0 Å². The van der Waals surface area contributed by atoms with E-state index in [0.29, 0.717) is 11.5 Å². The van der Waals surface area contributed by atoms with E-state index in [0.717, 1.165) is 49.2 Å². The van der Waals surface area contributed by atoms with Crippen molar-refractivity contribution in [3.8, 4) is 11.3 Å². The zero-order valence-electron chi connectivity index (χ0n) is 15.6. The van der Waals surface area contributed by atoms with E-state index in [1.807, 2.05) is 47.4 Å². The molecule has 1 aliphatic heterocycles. The minimum atomic E-state index is -0.202. The zero-order valence-corrected chi connectivity index (χ0v) is 15.6. The molecule has 0 unspecified atom stereocenters. The third-order valence-corrected chi connectivity index (χ3v) is 5.35. The molecule has 0 atom stereocenters. The Morgan fingerprint density at radius 1 is 1.04 bits per heavy atom. The van der Waals surface area contributed by atoms with E-state index < -0.39 is 0 Å². The van der Waals surface area contributed by atoms with Gasteiger partial charge in [0.1, 0.15) is 12.1 Å². The fraction of sp³-hybridized carbons (Fsp3) is 0.261. The van der Waals surface area contributed by atoms with E-state index in [1.165, 1.54) is 18.5 Å². The lowest BCUT2D eigenvalue weighted by molar-refractivity contribution is 0.0691. The third kappa shape index (κ3) is 4.09. The molecule has 1 saturated heterocycles. The fourth-order valence-electron chi connectivity index (χ4n) is 3.81. The van der Waals surface area contributed by atoms with Crippen molar-refractivity contribution in [3.05, 3.63) is 84.1 Å². The third-order valence-electron chi connectivity index (χ3n) is 5.35. The van der Waals surface area contributed by atoms with Crippen molar-refractivity contribution < 1.29 is 9.18 Å². The predicted octanol–water partition coefficient (Wildman–Crippen LogP) is 4.38. The number of carbonyl (C=O) groups excluding carboxylic acids is 1. The fourth-order valence-corrected chi connectivity index (χ4v) is 3.81. The van der Waals surface area contributed by atoms with E-state index in [-0.39, 0.29) is 11.7 Å². The van der Waals surface area contributed by atoms with Crippen LogP contribution in [-0.2, 0) is 6.42 Å². The lowest BCUT2D eigenvalue weighted by atomic mass is 9.89. The standard InChI is InChI=1S/C23H22FN3O/c24-19-7-5-17(6-8-19)15-18-10-13-27(14-11-18)23(28)21-4-2-1-3-20(21)22-9-12-25-16-26-22/h1-9,12,16,18H,10-11,13-15H2. The number of aromatic nitrogens is 2. The lowest BCUT2D eigenvalue weighted by Crippen LogP contribution is -2.39. The van der Waals surface area contributed by atoms with E-state index in [2.05, 4.69) is 9.97 Å². The van der Waals surface area contributed by atoms with Crippen LogP contribution < -0.4 is 0 Å². The summed E-state index contributed by atoms with van der Waals surface area (Å²) in [5, 5.41) is 0. The molecule has 1 aromatic heterocycles. The first-order chi connectivity index (χ1) is 13.7. The number of carbonyl (C=O) groups is 1. The van der Waals surface area contributed by atoms with E-state index in [1.54, 1.807) is 6.20 Å². The molecule has 4 rings (SSSR count). The molecule has 2 aromatic carbocycles. The molecule has 0 N–H and O–H groups in total. The number of halogens is 1. The average Bonchev–Trinajstić information content (AvgIpc) is 2.76. The van der Waals surface area contributed by atoms with Gasteiger partial charge in [0.05, 0.1) is 5.69 Å². The second-order valence-electron chi connectivity index (χ2n) is 7.21. The predicted molar refractivity (Wildman–Crippen MR) is 106 cm³/mol. The highest BCUT2D eigenvalue weighted by Crippen LogP contribution is 2.26. The van der Waals surface area contributed by atoms with Crippen LogP contribution in [0.4, 0.5) is 4.39 Å². The van der Waals surface area contributed by atoms with Gasteiger partial charge in [0.2, 0.25) is 0 Å². The van der Waals surface area contributed by atoms with Crippen molar-refractivity contribution in [3.63, 3.8) is 0 Å². The van der Waals surface area contributed by atoms with Crippen LogP contribution in [0.25, 0.3) is 11.3 Å². The number of nitrogens with zero attached hydrogens (tertiary/aromatic N) is 3. The van der Waals surface area contributed by atoms with Gasteiger partial charge in [-0.15, -0.1) is 0 Å². The maximum atomic E-state index is 13.1. The van der Waals surface area contributed by atoms with Gasteiger partial charge in [-0.1, -0.05) is 30.3 Å². The molecule has 0 bridgehead atoms. The molecule has 28 heavy (non-hydrogen) atoms. The van der Waals surface area contributed by atoms with Gasteiger partial charge in [-0.2, -0.15) is 0 Å². The molecule has 142 valence electrons. The first-order valence-corrected chi connectivity index (χ1v) is 9.60. The summed E-state index contributed by atoms with van der Waals surface area (Å²) in [7, 11) is 0. The molecule has 0 aliphatic carbocycles. The van der Waals surface area contributed by atoms with Gasteiger partial charge in [-0.25, -0.2) is 14.4 Å². The van der Waals surface area contributed by atoms with Crippen molar-refractivity contribution in [1.82, 2.24) is 14.9 Å². The van der Waals surface area contributed by atoms with Crippen LogP contribution >= 0.6 is 0 Å². The molecule has 0 saturated carbocycles. The molecule has 1 fully saturated rings. The van der Waals surface area contributed by atoms with Crippen LogP contribution in [0.15, 0.2) is 67.1 Å². The second-order valence-corrected chi connectivity index (χ2v) is 7.21. The van der Waals surface area contributed by atoms with Gasteiger partial charge in [0, 0.05) is 30.4 Å². The lowest BCUT2D eigenvalue weighted by Gasteiger charge is -2.32. The van der Waals surface area contributed by atoms with Gasteiger partial charge in [-0.3, -0.25) is 4.79 Å². The molecule has 3 aromatic rings. The number of piperidine rings is 1. The summed E-state index contributed by atoms with van der Waals surface area (Å²) in [6.45, 7) is 1.48. The van der Waals surface area contributed by atoms with Crippen LogP contribution in [0.2, 0.25) is 0 Å². The number of amides is 1. The summed E-state index contributed by atoms with van der Waals surface area (Å²) in [5.41, 5.74) is 3.42. The summed E-state index contributed by atoms with van der Waals surface area (Å²) >= 11 is 0. The highest BCUT2D eigenvalue weighted by atomic mass is 19.1. The summed E-state index contributed by atoms with van der Waals surface area (Å²) in [5.74, 6) is 0.368. The van der Waals surface area contributed by atoms with Crippen LogP contribution in [0, 0.1) is 11.7 Å². The van der Waals surface area contributed by atoms with Gasteiger partial charge in [0.15, 0.2) is 0 Å². The molecule has 1 aliphatic rings. The Morgan fingerprint density at radius 3 is 2.50 bits per heavy atom. The first kappa shape index (κ1) is 18.3. The average molecular weight is 375 g/mol. The van der Waals surface area contributed by atoms with Crippen LogP contribution in [0.3, 0.4) is 0 Å². The zero-order chi connectivity index (χ0) is 19.3. The van der Waals surface area contributed by atoms with Crippen molar-refractivity contribution in [2.45, 2.75) is 19.3 Å². The Bertz CT molecular complexity index is 936. The Labute approximate surface area is 164 Å². The highest BCUT2D eigenvalue weighted by Gasteiger charge is 2.25. The second kappa shape index (κ2) is 8.30. The molecule has 2 heterocycles. The van der Waals surface area contributed by atoms with E-state index >= 15 is 0 Å². The Balaban J connectivity index is 1.43. The number of hydrogen-bond acceptors (Lipinski definition) is 3. The highest BCUT2D eigenvalue weighted by molar-refractivity contribution is 6.00. The maximum absolute atomic E-state index is 13.1. The monoisotopic (exact) mass is 375 g/mol. The Hall–Kier alpha value is -3.08. The van der Waals surface area contributed by atoms with Gasteiger partial charge in [-0.05, 0) is 55.0 Å². The van der Waals surface area contributed by atoms with E-state index in [9.17, 15) is 9.18 Å². The minimum absolute atomic E-state index is 0.0504. The minimum Gasteiger partial charge on any atom is -0.339 e. The molecule has 5 heteroatoms. The van der Waals surface area contributed by atoms with Crippen molar-refractivity contribution in [2.75, 3.05) is 13.1 Å². The summed E-state index contributed by atoms with van der Waals surface area (Å²) in [6.07, 6.45) is 6.03. The summed E-state index contributed by atoms with van der Waals surface area (Å²) in [6, 6.07) is 16.1. The Morgan fingerprint density at radius 2 is 1.79 bits per heavy atom. The number of hydrogen-bond donors (Lipinski definition) is 0. The molecule has 0 spiro atoms. The number of rotatable bonds is 4. The molecule has 1 amide bonds. The SMILES string of the molecule is O=C(c1ccccc1-c1ccncn1)N1CCC(Cc2ccc(F)cc2)CC1. The van der Waals surface area contributed by atoms with Crippen LogP contribution in [0.5, 0.6) is 0 Å². The normalized spacial score (nSPS) is 14.8. The molecule has 0 radical (unpaired) electrons.